The van der Waals surface area contributed by atoms with E-state index < -0.39 is 0 Å². The molecule has 5 nitrogen and oxygen atoms in total. The molecule has 0 unspecified atom stereocenters. The molecular formula is C13H16BrFN4O. The first-order valence-corrected chi connectivity index (χ1v) is 7.00. The summed E-state index contributed by atoms with van der Waals surface area (Å²) in [5.74, 6) is 0.460. The predicted octanol–water partition coefficient (Wildman–Crippen LogP) is 1.96. The van der Waals surface area contributed by atoms with Gasteiger partial charge in [-0.25, -0.2) is 14.1 Å². The second kappa shape index (κ2) is 7.47. The third kappa shape index (κ3) is 4.36. The van der Waals surface area contributed by atoms with Crippen LogP contribution in [0.15, 0.2) is 29.0 Å². The predicted molar refractivity (Wildman–Crippen MR) is 76.8 cm³/mol. The Balaban J connectivity index is 1.92. The van der Waals surface area contributed by atoms with Gasteiger partial charge >= 0.3 is 0 Å². The van der Waals surface area contributed by atoms with Gasteiger partial charge in [-0.15, -0.1) is 0 Å². The Labute approximate surface area is 125 Å². The van der Waals surface area contributed by atoms with Crippen molar-refractivity contribution in [1.29, 1.82) is 0 Å². The number of halogens is 2. The number of hydrogen-bond acceptors (Lipinski definition) is 4. The van der Waals surface area contributed by atoms with Crippen molar-refractivity contribution in [2.75, 3.05) is 20.3 Å². The third-order valence-corrected chi connectivity index (χ3v) is 3.44. The largest absolute Gasteiger partial charge is 0.383 e. The van der Waals surface area contributed by atoms with Crippen LogP contribution in [0.2, 0.25) is 0 Å². The molecule has 2 rings (SSSR count). The van der Waals surface area contributed by atoms with Gasteiger partial charge in [0.2, 0.25) is 0 Å². The van der Waals surface area contributed by atoms with E-state index in [1.807, 2.05) is 0 Å². The molecule has 0 aliphatic heterocycles. The van der Waals surface area contributed by atoms with Crippen molar-refractivity contribution in [2.24, 2.45) is 0 Å². The summed E-state index contributed by atoms with van der Waals surface area (Å²) in [5, 5.41) is 7.53. The first kappa shape index (κ1) is 15.1. The first-order valence-electron chi connectivity index (χ1n) is 6.21. The number of methoxy groups -OCH3 is 1. The minimum atomic E-state index is -0.262. The lowest BCUT2D eigenvalue weighted by Crippen LogP contribution is -2.19. The normalized spacial score (nSPS) is 10.9. The molecule has 1 aromatic carbocycles. The average molecular weight is 343 g/mol. The number of ether oxygens (including phenoxy) is 1. The van der Waals surface area contributed by atoms with Crippen molar-refractivity contribution in [2.45, 2.75) is 13.1 Å². The van der Waals surface area contributed by atoms with Gasteiger partial charge in [-0.2, -0.15) is 5.10 Å². The summed E-state index contributed by atoms with van der Waals surface area (Å²) in [5.41, 5.74) is 0.954. The van der Waals surface area contributed by atoms with E-state index in [-0.39, 0.29) is 5.82 Å². The van der Waals surface area contributed by atoms with Gasteiger partial charge < -0.3 is 10.1 Å². The van der Waals surface area contributed by atoms with E-state index >= 15 is 0 Å². The number of hydrogen-bond donors (Lipinski definition) is 1. The Morgan fingerprint density at radius 2 is 2.30 bits per heavy atom. The minimum Gasteiger partial charge on any atom is -0.383 e. The average Bonchev–Trinajstić information content (AvgIpc) is 2.86. The quantitative estimate of drug-likeness (QED) is 0.781. The zero-order valence-corrected chi connectivity index (χ0v) is 12.7. The smallest absolute Gasteiger partial charge is 0.164 e. The summed E-state index contributed by atoms with van der Waals surface area (Å²) in [6.45, 7) is 2.56. The van der Waals surface area contributed by atoms with Crippen LogP contribution >= 0.6 is 15.9 Å². The summed E-state index contributed by atoms with van der Waals surface area (Å²) in [6, 6.07) is 4.61. The Morgan fingerprint density at radius 1 is 1.45 bits per heavy atom. The van der Waals surface area contributed by atoms with Crippen LogP contribution in [0.25, 0.3) is 0 Å². The Bertz CT molecular complexity index is 561. The van der Waals surface area contributed by atoms with E-state index in [0.29, 0.717) is 19.7 Å². The van der Waals surface area contributed by atoms with Gasteiger partial charge in [0, 0.05) is 18.1 Å². The van der Waals surface area contributed by atoms with Crippen LogP contribution < -0.4 is 5.32 Å². The Morgan fingerprint density at radius 3 is 3.05 bits per heavy atom. The van der Waals surface area contributed by atoms with E-state index in [4.69, 9.17) is 4.74 Å². The molecule has 0 bridgehead atoms. The molecule has 20 heavy (non-hydrogen) atoms. The molecule has 1 N–H and O–H groups in total. The third-order valence-electron chi connectivity index (χ3n) is 2.70. The highest BCUT2D eigenvalue weighted by molar-refractivity contribution is 9.10. The van der Waals surface area contributed by atoms with Gasteiger partial charge in [0.05, 0.1) is 19.7 Å². The Kier molecular flexibility index (Phi) is 5.63. The maximum absolute atomic E-state index is 13.0. The van der Waals surface area contributed by atoms with Crippen LogP contribution in [0.4, 0.5) is 4.39 Å². The number of benzene rings is 1. The molecule has 0 amide bonds. The fourth-order valence-corrected chi connectivity index (χ4v) is 2.17. The minimum absolute atomic E-state index is 0.262. The van der Waals surface area contributed by atoms with Gasteiger partial charge in [0.25, 0.3) is 0 Å². The number of rotatable bonds is 7. The molecule has 1 aromatic heterocycles. The summed E-state index contributed by atoms with van der Waals surface area (Å²) in [7, 11) is 1.66. The van der Waals surface area contributed by atoms with Gasteiger partial charge in [-0.1, -0.05) is 22.0 Å². The van der Waals surface area contributed by atoms with Crippen molar-refractivity contribution < 1.29 is 9.13 Å². The molecule has 0 saturated heterocycles. The molecule has 108 valence electrons. The summed E-state index contributed by atoms with van der Waals surface area (Å²) < 4.78 is 20.4. The number of aromatic nitrogens is 3. The molecular weight excluding hydrogens is 327 g/mol. The van der Waals surface area contributed by atoms with Gasteiger partial charge in [-0.3, -0.25) is 0 Å². The lowest BCUT2D eigenvalue weighted by molar-refractivity contribution is 0.199. The SMILES string of the molecule is COCCNCc1ncn(Cc2ccc(F)cc2Br)n1. The van der Waals surface area contributed by atoms with E-state index in [1.54, 1.807) is 24.2 Å². The monoisotopic (exact) mass is 342 g/mol. The summed E-state index contributed by atoms with van der Waals surface area (Å²) in [6.07, 6.45) is 1.67. The lowest BCUT2D eigenvalue weighted by Gasteiger charge is -2.04. The van der Waals surface area contributed by atoms with Gasteiger partial charge in [0.15, 0.2) is 5.82 Å². The van der Waals surface area contributed by atoms with E-state index in [1.165, 1.54) is 12.1 Å². The zero-order valence-electron chi connectivity index (χ0n) is 11.1. The Hall–Kier alpha value is -1.31. The first-order chi connectivity index (χ1) is 9.69. The van der Waals surface area contributed by atoms with Gasteiger partial charge in [-0.05, 0) is 17.7 Å². The molecule has 0 fully saturated rings. The topological polar surface area (TPSA) is 52.0 Å². The van der Waals surface area contributed by atoms with Crippen molar-refractivity contribution >= 4 is 15.9 Å². The maximum Gasteiger partial charge on any atom is 0.164 e. The van der Waals surface area contributed by atoms with E-state index in [2.05, 4.69) is 31.3 Å². The lowest BCUT2D eigenvalue weighted by atomic mass is 10.2. The summed E-state index contributed by atoms with van der Waals surface area (Å²) in [4.78, 5) is 4.22. The second-order valence-electron chi connectivity index (χ2n) is 4.26. The van der Waals surface area contributed by atoms with Crippen molar-refractivity contribution in [3.63, 3.8) is 0 Å². The molecule has 0 spiro atoms. The fraction of sp³-hybridized carbons (Fsp3) is 0.385. The molecule has 2 aromatic rings. The van der Waals surface area contributed by atoms with Crippen LogP contribution in [0.3, 0.4) is 0 Å². The number of nitrogens with zero attached hydrogens (tertiary/aromatic N) is 3. The molecule has 7 heteroatoms. The van der Waals surface area contributed by atoms with Crippen LogP contribution in [0.1, 0.15) is 11.4 Å². The molecule has 0 atom stereocenters. The van der Waals surface area contributed by atoms with Crippen molar-refractivity contribution in [3.05, 3.63) is 46.2 Å². The second-order valence-corrected chi connectivity index (χ2v) is 5.12. The highest BCUT2D eigenvalue weighted by Gasteiger charge is 2.05. The number of nitrogens with one attached hydrogen (secondary N) is 1. The van der Waals surface area contributed by atoms with Crippen LogP contribution in [0, 0.1) is 5.82 Å². The van der Waals surface area contributed by atoms with Crippen molar-refractivity contribution in [3.8, 4) is 0 Å². The highest BCUT2D eigenvalue weighted by Crippen LogP contribution is 2.18. The molecule has 0 aliphatic rings. The maximum atomic E-state index is 13.0. The van der Waals surface area contributed by atoms with Crippen LogP contribution in [-0.4, -0.2) is 35.0 Å². The van der Waals surface area contributed by atoms with Crippen molar-refractivity contribution in [1.82, 2.24) is 20.1 Å². The standard InChI is InChI=1S/C13H16BrFN4O/c1-20-5-4-16-7-13-17-9-19(18-13)8-10-2-3-11(15)6-12(10)14/h2-3,6,9,16H,4-5,7-8H2,1H3. The van der Waals surface area contributed by atoms with Crippen LogP contribution in [-0.2, 0) is 17.8 Å². The van der Waals surface area contributed by atoms with Crippen LogP contribution in [0.5, 0.6) is 0 Å². The van der Waals surface area contributed by atoms with E-state index in [9.17, 15) is 4.39 Å². The molecule has 0 radical (unpaired) electrons. The summed E-state index contributed by atoms with van der Waals surface area (Å²) >= 11 is 3.34. The van der Waals surface area contributed by atoms with Gasteiger partial charge in [0.1, 0.15) is 12.1 Å². The fourth-order valence-electron chi connectivity index (χ4n) is 1.69. The van der Waals surface area contributed by atoms with E-state index in [0.717, 1.165) is 22.4 Å². The molecule has 0 aliphatic carbocycles. The molecule has 0 saturated carbocycles. The highest BCUT2D eigenvalue weighted by atomic mass is 79.9. The molecule has 1 heterocycles. The zero-order chi connectivity index (χ0) is 14.4.